The van der Waals surface area contributed by atoms with E-state index >= 15 is 0 Å². The Hall–Kier alpha value is -2.00. The molecular formula is C12H16N2O6S. The summed E-state index contributed by atoms with van der Waals surface area (Å²) in [6, 6.07) is 3.38. The van der Waals surface area contributed by atoms with Crippen LogP contribution < -0.4 is 9.46 Å². The Morgan fingerprint density at radius 1 is 1.43 bits per heavy atom. The number of rotatable bonds is 7. The highest BCUT2D eigenvalue weighted by atomic mass is 32.2. The van der Waals surface area contributed by atoms with Crippen molar-refractivity contribution in [2.75, 3.05) is 13.7 Å². The second-order valence-electron chi connectivity index (χ2n) is 4.54. The van der Waals surface area contributed by atoms with Gasteiger partial charge in [0.1, 0.15) is 11.5 Å². The summed E-state index contributed by atoms with van der Waals surface area (Å²) in [6.45, 7) is 2.85. The summed E-state index contributed by atoms with van der Waals surface area (Å²) >= 11 is 0. The molecule has 0 atom stereocenters. The molecule has 0 fully saturated rings. The number of Topliss-reactive ketones (excluding diaryl/α,β-unsaturated/α-hetero) is 1. The van der Waals surface area contributed by atoms with E-state index in [-0.39, 0.29) is 17.5 Å². The van der Waals surface area contributed by atoms with Gasteiger partial charge in [-0.25, -0.2) is 13.1 Å². The number of carbonyl (C=O) groups is 1. The van der Waals surface area contributed by atoms with Gasteiger partial charge in [0.2, 0.25) is 10.0 Å². The Morgan fingerprint density at radius 2 is 2.05 bits per heavy atom. The van der Waals surface area contributed by atoms with Gasteiger partial charge in [0.15, 0.2) is 4.90 Å². The zero-order chi connectivity index (χ0) is 16.2. The molecule has 0 heterocycles. The first kappa shape index (κ1) is 17.1. The van der Waals surface area contributed by atoms with Crippen molar-refractivity contribution < 1.29 is 22.9 Å². The molecule has 0 amide bonds. The molecule has 1 aromatic carbocycles. The lowest BCUT2D eigenvalue weighted by Crippen LogP contribution is -2.32. The smallest absolute Gasteiger partial charge is 0.293 e. The highest BCUT2D eigenvalue weighted by Crippen LogP contribution is 2.28. The number of carbonyl (C=O) groups excluding carboxylic acids is 1. The minimum absolute atomic E-state index is 0.166. The Kier molecular flexibility index (Phi) is 5.39. The van der Waals surface area contributed by atoms with Crippen molar-refractivity contribution in [3.63, 3.8) is 0 Å². The average molecular weight is 316 g/mol. The molecule has 1 N–H and O–H groups in total. The van der Waals surface area contributed by atoms with E-state index in [2.05, 4.69) is 4.72 Å². The SMILES string of the molecule is COc1ccc(S(=O)(=O)NCC(=O)C(C)C)c([N+](=O)[O-])c1. The van der Waals surface area contributed by atoms with Crippen molar-refractivity contribution in [2.24, 2.45) is 5.92 Å². The summed E-state index contributed by atoms with van der Waals surface area (Å²) in [4.78, 5) is 21.1. The molecule has 9 heteroatoms. The van der Waals surface area contributed by atoms with Gasteiger partial charge in [-0.2, -0.15) is 0 Å². The van der Waals surface area contributed by atoms with Crippen LogP contribution in [0.3, 0.4) is 0 Å². The maximum absolute atomic E-state index is 12.1. The summed E-state index contributed by atoms with van der Waals surface area (Å²) < 4.78 is 31.0. The van der Waals surface area contributed by atoms with E-state index in [0.717, 1.165) is 12.1 Å². The molecule has 0 saturated carbocycles. The highest BCUT2D eigenvalue weighted by Gasteiger charge is 2.27. The largest absolute Gasteiger partial charge is 0.497 e. The molecule has 116 valence electrons. The standard InChI is InChI=1S/C12H16N2O6S/c1-8(2)11(15)7-13-21(18,19)12-5-4-9(20-3)6-10(12)14(16)17/h4-6,8,13H,7H2,1-3H3. The van der Waals surface area contributed by atoms with E-state index in [9.17, 15) is 23.3 Å². The van der Waals surface area contributed by atoms with Crippen molar-refractivity contribution in [2.45, 2.75) is 18.7 Å². The van der Waals surface area contributed by atoms with Crippen LogP contribution in [0.25, 0.3) is 0 Å². The van der Waals surface area contributed by atoms with Gasteiger partial charge in [-0.3, -0.25) is 14.9 Å². The van der Waals surface area contributed by atoms with Crippen LogP contribution in [-0.2, 0) is 14.8 Å². The molecule has 0 aromatic heterocycles. The predicted molar refractivity (Wildman–Crippen MR) is 74.7 cm³/mol. The van der Waals surface area contributed by atoms with Crippen molar-refractivity contribution >= 4 is 21.5 Å². The van der Waals surface area contributed by atoms with Gasteiger partial charge in [0.05, 0.1) is 24.6 Å². The third-order valence-corrected chi connectivity index (χ3v) is 4.18. The average Bonchev–Trinajstić information content (AvgIpc) is 2.43. The zero-order valence-electron chi connectivity index (χ0n) is 11.8. The number of ether oxygens (including phenoxy) is 1. The molecule has 0 radical (unpaired) electrons. The predicted octanol–water partition coefficient (Wildman–Crippen LogP) is 1.11. The number of nitrogens with zero attached hydrogens (tertiary/aromatic N) is 1. The number of nitrogens with one attached hydrogen (secondary N) is 1. The molecule has 1 aromatic rings. The second kappa shape index (κ2) is 6.64. The summed E-state index contributed by atoms with van der Waals surface area (Å²) in [5.41, 5.74) is -0.612. The lowest BCUT2D eigenvalue weighted by atomic mass is 10.1. The molecule has 0 saturated heterocycles. The summed E-state index contributed by atoms with van der Waals surface area (Å²) in [5, 5.41) is 11.0. The molecular weight excluding hydrogens is 300 g/mol. The normalized spacial score (nSPS) is 11.4. The first-order valence-corrected chi connectivity index (χ1v) is 7.52. The maximum Gasteiger partial charge on any atom is 0.293 e. The van der Waals surface area contributed by atoms with E-state index in [1.54, 1.807) is 13.8 Å². The van der Waals surface area contributed by atoms with E-state index in [4.69, 9.17) is 4.74 Å². The molecule has 8 nitrogen and oxygen atoms in total. The van der Waals surface area contributed by atoms with Crippen LogP contribution in [0.5, 0.6) is 5.75 Å². The van der Waals surface area contributed by atoms with Gasteiger partial charge in [-0.15, -0.1) is 0 Å². The van der Waals surface area contributed by atoms with Gasteiger partial charge in [0.25, 0.3) is 5.69 Å². The quantitative estimate of drug-likeness (QED) is 0.595. The molecule has 0 bridgehead atoms. The number of sulfonamides is 1. The summed E-state index contributed by atoms with van der Waals surface area (Å²) in [7, 11) is -2.85. The number of methoxy groups -OCH3 is 1. The number of hydrogen-bond donors (Lipinski definition) is 1. The number of nitro groups is 1. The van der Waals surface area contributed by atoms with Crippen LogP contribution in [0.15, 0.2) is 23.1 Å². The van der Waals surface area contributed by atoms with Crippen LogP contribution in [-0.4, -0.2) is 32.8 Å². The van der Waals surface area contributed by atoms with E-state index in [0.29, 0.717) is 0 Å². The van der Waals surface area contributed by atoms with Crippen molar-refractivity contribution in [3.05, 3.63) is 28.3 Å². The van der Waals surface area contributed by atoms with E-state index in [1.165, 1.54) is 13.2 Å². The van der Waals surface area contributed by atoms with Crippen LogP contribution in [0, 0.1) is 16.0 Å². The first-order chi connectivity index (χ1) is 9.69. The van der Waals surface area contributed by atoms with Gasteiger partial charge in [0, 0.05) is 5.92 Å². The molecule has 21 heavy (non-hydrogen) atoms. The minimum atomic E-state index is -4.16. The van der Waals surface area contributed by atoms with Crippen LogP contribution >= 0.6 is 0 Å². The minimum Gasteiger partial charge on any atom is -0.497 e. The Balaban J connectivity index is 3.13. The fraction of sp³-hybridized carbons (Fsp3) is 0.417. The Labute approximate surface area is 122 Å². The van der Waals surface area contributed by atoms with Gasteiger partial charge in [-0.05, 0) is 12.1 Å². The van der Waals surface area contributed by atoms with Gasteiger partial charge < -0.3 is 4.74 Å². The summed E-state index contributed by atoms with van der Waals surface area (Å²) in [6.07, 6.45) is 0. The molecule has 0 spiro atoms. The van der Waals surface area contributed by atoms with Crippen LogP contribution in [0.2, 0.25) is 0 Å². The van der Waals surface area contributed by atoms with Crippen molar-refractivity contribution in [1.82, 2.24) is 4.72 Å². The van der Waals surface area contributed by atoms with E-state index < -0.39 is 32.1 Å². The fourth-order valence-corrected chi connectivity index (χ4v) is 2.59. The van der Waals surface area contributed by atoms with E-state index in [1.807, 2.05) is 0 Å². The lowest BCUT2D eigenvalue weighted by molar-refractivity contribution is -0.387. The molecule has 0 aliphatic carbocycles. The van der Waals surface area contributed by atoms with Crippen LogP contribution in [0.4, 0.5) is 5.69 Å². The van der Waals surface area contributed by atoms with Gasteiger partial charge in [-0.1, -0.05) is 13.8 Å². The number of hydrogen-bond acceptors (Lipinski definition) is 6. The first-order valence-electron chi connectivity index (χ1n) is 6.04. The van der Waals surface area contributed by atoms with Crippen molar-refractivity contribution in [3.8, 4) is 5.75 Å². The second-order valence-corrected chi connectivity index (χ2v) is 6.27. The molecule has 0 aliphatic heterocycles. The highest BCUT2D eigenvalue weighted by molar-refractivity contribution is 7.89. The summed E-state index contributed by atoms with van der Waals surface area (Å²) in [5.74, 6) is -0.479. The van der Waals surface area contributed by atoms with Gasteiger partial charge >= 0.3 is 0 Å². The molecule has 0 unspecified atom stereocenters. The molecule has 0 aliphatic rings. The monoisotopic (exact) mass is 316 g/mol. The Bertz CT molecular complexity index is 654. The third kappa shape index (κ3) is 4.23. The maximum atomic E-state index is 12.1. The molecule has 1 rings (SSSR count). The fourth-order valence-electron chi connectivity index (χ4n) is 1.44. The number of ketones is 1. The van der Waals surface area contributed by atoms with Crippen LogP contribution in [0.1, 0.15) is 13.8 Å². The lowest BCUT2D eigenvalue weighted by Gasteiger charge is -2.09. The number of benzene rings is 1. The third-order valence-electron chi connectivity index (χ3n) is 2.73. The zero-order valence-corrected chi connectivity index (χ0v) is 12.6. The topological polar surface area (TPSA) is 116 Å². The number of nitro benzene ring substituents is 1. The Morgan fingerprint density at radius 3 is 2.52 bits per heavy atom. The van der Waals surface area contributed by atoms with Crippen molar-refractivity contribution in [1.29, 1.82) is 0 Å².